The average molecular weight is 324 g/mol. The maximum Gasteiger partial charge on any atom is 0.240 e. The lowest BCUT2D eigenvalue weighted by Crippen LogP contribution is -2.23. The van der Waals surface area contributed by atoms with E-state index in [0.717, 1.165) is 16.7 Å². The smallest absolute Gasteiger partial charge is 0.240 e. The number of aryl methyl sites for hydroxylation is 1. The van der Waals surface area contributed by atoms with Crippen molar-refractivity contribution in [3.8, 4) is 0 Å². The van der Waals surface area contributed by atoms with E-state index in [2.05, 4.69) is 10.0 Å². The van der Waals surface area contributed by atoms with Gasteiger partial charge in [0.15, 0.2) is 0 Å². The van der Waals surface area contributed by atoms with E-state index in [1.165, 1.54) is 0 Å². The molecule has 0 fully saturated rings. The Kier molecular flexibility index (Phi) is 5.16. The van der Waals surface area contributed by atoms with Crippen molar-refractivity contribution >= 4 is 21.4 Å². The van der Waals surface area contributed by atoms with Crippen molar-refractivity contribution < 1.29 is 8.42 Å². The number of thiophene rings is 1. The molecule has 0 amide bonds. The van der Waals surface area contributed by atoms with Gasteiger partial charge in [-0.15, -0.1) is 0 Å². The van der Waals surface area contributed by atoms with E-state index in [4.69, 9.17) is 0 Å². The van der Waals surface area contributed by atoms with Crippen LogP contribution < -0.4 is 10.0 Å². The minimum Gasteiger partial charge on any atom is -0.313 e. The lowest BCUT2D eigenvalue weighted by molar-refractivity contribution is 0.581. The summed E-state index contributed by atoms with van der Waals surface area (Å²) < 4.78 is 27.2. The lowest BCUT2D eigenvalue weighted by Gasteiger charge is -2.12. The summed E-state index contributed by atoms with van der Waals surface area (Å²) in [6.45, 7) is 4.33. The van der Waals surface area contributed by atoms with Gasteiger partial charge in [0.05, 0.1) is 4.90 Å². The molecule has 0 radical (unpaired) electrons. The van der Waals surface area contributed by atoms with Gasteiger partial charge in [0.2, 0.25) is 10.0 Å². The molecular formula is C15H20N2O2S2. The SMILES string of the molecule is CNC(C)c1ccc(S(=O)(=O)NCc2cscc2C)cc1. The summed E-state index contributed by atoms with van der Waals surface area (Å²) in [5.74, 6) is 0. The Hall–Kier alpha value is -1.21. The molecule has 0 saturated heterocycles. The first-order valence-corrected chi connectivity index (χ1v) is 9.15. The normalized spacial score (nSPS) is 13.3. The average Bonchev–Trinajstić information content (AvgIpc) is 2.90. The number of hydrogen-bond donors (Lipinski definition) is 2. The molecule has 0 saturated carbocycles. The summed E-state index contributed by atoms with van der Waals surface area (Å²) in [6, 6.07) is 7.16. The molecule has 114 valence electrons. The molecule has 0 spiro atoms. The van der Waals surface area contributed by atoms with Crippen molar-refractivity contribution in [1.82, 2.24) is 10.0 Å². The second-order valence-electron chi connectivity index (χ2n) is 4.98. The molecule has 0 aliphatic carbocycles. The van der Waals surface area contributed by atoms with E-state index in [1.54, 1.807) is 23.5 Å². The van der Waals surface area contributed by atoms with Gasteiger partial charge in [0.1, 0.15) is 0 Å². The van der Waals surface area contributed by atoms with Gasteiger partial charge in [-0.1, -0.05) is 12.1 Å². The van der Waals surface area contributed by atoms with Crippen molar-refractivity contribution in [2.75, 3.05) is 7.05 Å². The number of rotatable bonds is 6. The zero-order chi connectivity index (χ0) is 15.5. The number of nitrogens with one attached hydrogen (secondary N) is 2. The fourth-order valence-electron chi connectivity index (χ4n) is 1.93. The van der Waals surface area contributed by atoms with Crippen LogP contribution in [-0.2, 0) is 16.6 Å². The molecule has 1 aromatic carbocycles. The van der Waals surface area contributed by atoms with Crippen molar-refractivity contribution in [3.63, 3.8) is 0 Å². The maximum atomic E-state index is 12.3. The molecule has 2 N–H and O–H groups in total. The van der Waals surface area contributed by atoms with Gasteiger partial charge in [0.25, 0.3) is 0 Å². The van der Waals surface area contributed by atoms with Gasteiger partial charge in [-0.25, -0.2) is 13.1 Å². The largest absolute Gasteiger partial charge is 0.313 e. The van der Waals surface area contributed by atoms with Crippen LogP contribution in [0.3, 0.4) is 0 Å². The Bertz CT molecular complexity index is 691. The summed E-state index contributed by atoms with van der Waals surface area (Å²) in [5.41, 5.74) is 3.19. The predicted molar refractivity (Wildman–Crippen MR) is 87.0 cm³/mol. The summed E-state index contributed by atoms with van der Waals surface area (Å²) in [6.07, 6.45) is 0. The van der Waals surface area contributed by atoms with Crippen LogP contribution in [0, 0.1) is 6.92 Å². The van der Waals surface area contributed by atoms with Crippen LogP contribution in [0.2, 0.25) is 0 Å². The minimum atomic E-state index is -3.47. The van der Waals surface area contributed by atoms with E-state index < -0.39 is 10.0 Å². The van der Waals surface area contributed by atoms with Gasteiger partial charge < -0.3 is 5.32 Å². The fraction of sp³-hybridized carbons (Fsp3) is 0.333. The van der Waals surface area contributed by atoms with Gasteiger partial charge >= 0.3 is 0 Å². The van der Waals surface area contributed by atoms with Gasteiger partial charge in [-0.2, -0.15) is 11.3 Å². The highest BCUT2D eigenvalue weighted by molar-refractivity contribution is 7.89. The summed E-state index contributed by atoms with van der Waals surface area (Å²) >= 11 is 1.58. The third kappa shape index (κ3) is 3.91. The predicted octanol–water partition coefficient (Wildman–Crippen LogP) is 2.82. The Balaban J connectivity index is 2.10. The van der Waals surface area contributed by atoms with Crippen molar-refractivity contribution in [1.29, 1.82) is 0 Å². The third-order valence-corrected chi connectivity index (χ3v) is 5.87. The van der Waals surface area contributed by atoms with Crippen molar-refractivity contribution in [3.05, 3.63) is 51.7 Å². The summed E-state index contributed by atoms with van der Waals surface area (Å²) in [7, 11) is -1.59. The Morgan fingerprint density at radius 1 is 1.19 bits per heavy atom. The van der Waals surface area contributed by atoms with Crippen LogP contribution in [0.15, 0.2) is 39.9 Å². The monoisotopic (exact) mass is 324 g/mol. The van der Waals surface area contributed by atoms with E-state index in [1.807, 2.05) is 43.8 Å². The number of sulfonamides is 1. The first kappa shape index (κ1) is 16.2. The minimum absolute atomic E-state index is 0.197. The molecular weight excluding hydrogens is 304 g/mol. The van der Waals surface area contributed by atoms with Crippen LogP contribution in [0.25, 0.3) is 0 Å². The Morgan fingerprint density at radius 2 is 1.86 bits per heavy atom. The number of hydrogen-bond acceptors (Lipinski definition) is 4. The van der Waals surface area contributed by atoms with Gasteiger partial charge in [0, 0.05) is 12.6 Å². The zero-order valence-electron chi connectivity index (χ0n) is 12.4. The molecule has 2 aromatic rings. The Labute approximate surface area is 130 Å². The summed E-state index contributed by atoms with van der Waals surface area (Å²) in [4.78, 5) is 0.294. The molecule has 1 unspecified atom stereocenters. The van der Waals surface area contributed by atoms with Crippen LogP contribution in [0.5, 0.6) is 0 Å². The standard InChI is InChI=1S/C15H20N2O2S2/c1-11-9-20-10-14(11)8-17-21(18,19)15-6-4-13(5-7-15)12(2)16-3/h4-7,9-10,12,16-17H,8H2,1-3H3. The first-order valence-electron chi connectivity index (χ1n) is 6.72. The quantitative estimate of drug-likeness (QED) is 0.859. The molecule has 21 heavy (non-hydrogen) atoms. The van der Waals surface area contributed by atoms with Crippen LogP contribution in [0.1, 0.15) is 29.7 Å². The van der Waals surface area contributed by atoms with E-state index >= 15 is 0 Å². The molecule has 1 heterocycles. The highest BCUT2D eigenvalue weighted by Crippen LogP contribution is 2.17. The second-order valence-corrected chi connectivity index (χ2v) is 7.49. The topological polar surface area (TPSA) is 58.2 Å². The number of benzene rings is 1. The molecule has 1 atom stereocenters. The van der Waals surface area contributed by atoms with Gasteiger partial charge in [-0.05, 0) is 60.5 Å². The van der Waals surface area contributed by atoms with Crippen LogP contribution >= 0.6 is 11.3 Å². The second kappa shape index (κ2) is 6.70. The molecule has 0 aliphatic rings. The van der Waals surface area contributed by atoms with E-state index in [9.17, 15) is 8.42 Å². The molecule has 0 bridgehead atoms. The zero-order valence-corrected chi connectivity index (χ0v) is 14.0. The highest BCUT2D eigenvalue weighted by atomic mass is 32.2. The molecule has 6 heteroatoms. The Morgan fingerprint density at radius 3 is 2.38 bits per heavy atom. The van der Waals surface area contributed by atoms with Crippen molar-refractivity contribution in [2.45, 2.75) is 31.3 Å². The molecule has 4 nitrogen and oxygen atoms in total. The highest BCUT2D eigenvalue weighted by Gasteiger charge is 2.15. The van der Waals surface area contributed by atoms with E-state index in [0.29, 0.717) is 11.4 Å². The lowest BCUT2D eigenvalue weighted by atomic mass is 10.1. The van der Waals surface area contributed by atoms with Crippen LogP contribution in [-0.4, -0.2) is 15.5 Å². The van der Waals surface area contributed by atoms with Crippen LogP contribution in [0.4, 0.5) is 0 Å². The maximum absolute atomic E-state index is 12.3. The first-order chi connectivity index (χ1) is 9.94. The summed E-state index contributed by atoms with van der Waals surface area (Å²) in [5, 5.41) is 7.10. The van der Waals surface area contributed by atoms with E-state index in [-0.39, 0.29) is 6.04 Å². The third-order valence-electron chi connectivity index (χ3n) is 3.54. The molecule has 2 rings (SSSR count). The molecule has 1 aromatic heterocycles. The van der Waals surface area contributed by atoms with Crippen molar-refractivity contribution in [2.24, 2.45) is 0 Å². The fourth-order valence-corrected chi connectivity index (χ4v) is 3.79. The van der Waals surface area contributed by atoms with Gasteiger partial charge in [-0.3, -0.25) is 0 Å². The molecule has 0 aliphatic heterocycles.